The Morgan fingerprint density at radius 1 is 1.39 bits per heavy atom. The minimum Gasteiger partial charge on any atom is -0.398 e. The first-order valence-electron chi connectivity index (χ1n) is 5.35. The Kier molecular flexibility index (Phi) is 3.10. The molecule has 6 heteroatoms. The van der Waals surface area contributed by atoms with Crippen LogP contribution in [0.15, 0.2) is 24.5 Å². The molecule has 0 spiro atoms. The Morgan fingerprint density at radius 3 is 2.72 bits per heavy atom. The quantitative estimate of drug-likeness (QED) is 0.670. The second kappa shape index (κ2) is 4.56. The Hall–Kier alpha value is -2.24. The number of benzene rings is 1. The van der Waals surface area contributed by atoms with Crippen molar-refractivity contribution in [2.45, 2.75) is 13.5 Å². The van der Waals surface area contributed by atoms with Gasteiger partial charge in [0.15, 0.2) is 17.5 Å². The van der Waals surface area contributed by atoms with Crippen LogP contribution in [-0.2, 0) is 6.54 Å². The number of imidazole rings is 1. The van der Waals surface area contributed by atoms with Crippen molar-refractivity contribution >= 4 is 11.5 Å². The average Bonchev–Trinajstić information content (AvgIpc) is 2.81. The standard InChI is InChI=1S/C12H11F2N3O/c1-2-17-4-3-16-12(17)11(18)7-5-8(13)9(14)6-10(7)15/h3-6H,2,15H2,1H3. The van der Waals surface area contributed by atoms with Gasteiger partial charge in [-0.05, 0) is 13.0 Å². The van der Waals surface area contributed by atoms with Crippen LogP contribution in [0.2, 0.25) is 0 Å². The van der Waals surface area contributed by atoms with Crippen LogP contribution in [0, 0.1) is 11.6 Å². The van der Waals surface area contributed by atoms with Crippen LogP contribution in [-0.4, -0.2) is 15.3 Å². The largest absolute Gasteiger partial charge is 0.398 e. The van der Waals surface area contributed by atoms with Crippen molar-refractivity contribution in [2.24, 2.45) is 0 Å². The SMILES string of the molecule is CCn1ccnc1C(=O)c1cc(F)c(F)cc1N. The fourth-order valence-electron chi connectivity index (χ4n) is 1.65. The number of aryl methyl sites for hydroxylation is 1. The molecule has 0 bridgehead atoms. The molecule has 1 heterocycles. The van der Waals surface area contributed by atoms with E-state index in [2.05, 4.69) is 4.98 Å². The van der Waals surface area contributed by atoms with Gasteiger partial charge >= 0.3 is 0 Å². The molecule has 0 unspecified atom stereocenters. The zero-order chi connectivity index (χ0) is 13.3. The zero-order valence-corrected chi connectivity index (χ0v) is 9.65. The van der Waals surface area contributed by atoms with Gasteiger partial charge in [0.05, 0.1) is 5.56 Å². The lowest BCUT2D eigenvalue weighted by Gasteiger charge is -2.07. The second-order valence-electron chi connectivity index (χ2n) is 3.72. The van der Waals surface area contributed by atoms with E-state index in [-0.39, 0.29) is 17.1 Å². The minimum absolute atomic E-state index is 0.0881. The molecule has 1 aromatic heterocycles. The summed E-state index contributed by atoms with van der Waals surface area (Å²) in [6.45, 7) is 2.39. The van der Waals surface area contributed by atoms with Crippen molar-refractivity contribution in [1.82, 2.24) is 9.55 Å². The zero-order valence-electron chi connectivity index (χ0n) is 9.65. The average molecular weight is 251 g/mol. The van der Waals surface area contributed by atoms with E-state index in [0.717, 1.165) is 12.1 Å². The molecule has 2 rings (SSSR count). The van der Waals surface area contributed by atoms with Gasteiger partial charge in [-0.25, -0.2) is 13.8 Å². The summed E-state index contributed by atoms with van der Waals surface area (Å²) >= 11 is 0. The molecule has 4 nitrogen and oxygen atoms in total. The van der Waals surface area contributed by atoms with E-state index in [1.165, 1.54) is 6.20 Å². The molecular weight excluding hydrogens is 240 g/mol. The molecule has 0 saturated heterocycles. The maximum atomic E-state index is 13.1. The molecule has 0 radical (unpaired) electrons. The molecule has 18 heavy (non-hydrogen) atoms. The van der Waals surface area contributed by atoms with Crippen LogP contribution in [0.25, 0.3) is 0 Å². The van der Waals surface area contributed by atoms with E-state index >= 15 is 0 Å². The molecule has 0 saturated carbocycles. The van der Waals surface area contributed by atoms with Crippen LogP contribution in [0.4, 0.5) is 14.5 Å². The molecule has 2 aromatic rings. The van der Waals surface area contributed by atoms with E-state index in [0.29, 0.717) is 6.54 Å². The Morgan fingerprint density at radius 2 is 2.06 bits per heavy atom. The van der Waals surface area contributed by atoms with Gasteiger partial charge in [-0.3, -0.25) is 4.79 Å². The number of aromatic nitrogens is 2. The molecule has 0 fully saturated rings. The molecule has 94 valence electrons. The number of nitrogen functional groups attached to an aromatic ring is 1. The third-order valence-electron chi connectivity index (χ3n) is 2.60. The molecule has 0 aliphatic carbocycles. The first-order chi connectivity index (χ1) is 8.54. The van der Waals surface area contributed by atoms with Crippen molar-refractivity contribution in [3.63, 3.8) is 0 Å². The van der Waals surface area contributed by atoms with Gasteiger partial charge in [-0.2, -0.15) is 0 Å². The van der Waals surface area contributed by atoms with E-state index in [1.54, 1.807) is 10.8 Å². The summed E-state index contributed by atoms with van der Waals surface area (Å²) in [7, 11) is 0. The lowest BCUT2D eigenvalue weighted by molar-refractivity contribution is 0.102. The number of halogens is 2. The number of nitrogens with zero attached hydrogens (tertiary/aromatic N) is 2. The van der Waals surface area contributed by atoms with Gasteiger partial charge in [0.25, 0.3) is 0 Å². The number of rotatable bonds is 3. The van der Waals surface area contributed by atoms with Gasteiger partial charge < -0.3 is 10.3 Å². The van der Waals surface area contributed by atoms with Crippen LogP contribution < -0.4 is 5.73 Å². The molecule has 0 amide bonds. The lowest BCUT2D eigenvalue weighted by atomic mass is 10.1. The fraction of sp³-hybridized carbons (Fsp3) is 0.167. The van der Waals surface area contributed by atoms with Gasteiger partial charge in [-0.1, -0.05) is 0 Å². The number of carbonyl (C=O) groups is 1. The Bertz CT molecular complexity index is 607. The summed E-state index contributed by atoms with van der Waals surface area (Å²) in [5.41, 5.74) is 5.33. The van der Waals surface area contributed by atoms with Gasteiger partial charge in [0.1, 0.15) is 0 Å². The first-order valence-corrected chi connectivity index (χ1v) is 5.35. The Balaban J connectivity index is 2.50. The summed E-state index contributed by atoms with van der Waals surface area (Å²) in [5.74, 6) is -2.57. The van der Waals surface area contributed by atoms with Gasteiger partial charge in [0, 0.05) is 30.7 Å². The summed E-state index contributed by atoms with van der Waals surface area (Å²) in [6.07, 6.45) is 3.09. The number of anilines is 1. The number of nitrogens with two attached hydrogens (primary N) is 1. The maximum Gasteiger partial charge on any atom is 0.230 e. The summed E-state index contributed by atoms with van der Waals surface area (Å²) in [4.78, 5) is 16.0. The molecule has 0 aliphatic rings. The number of ketones is 1. The predicted molar refractivity (Wildman–Crippen MR) is 62.1 cm³/mol. The number of hydrogen-bond acceptors (Lipinski definition) is 3. The highest BCUT2D eigenvalue weighted by atomic mass is 19.2. The normalized spacial score (nSPS) is 10.6. The number of hydrogen-bond donors (Lipinski definition) is 1. The highest BCUT2D eigenvalue weighted by Gasteiger charge is 2.19. The molecular formula is C12H11F2N3O. The van der Waals surface area contributed by atoms with Crippen LogP contribution >= 0.6 is 0 Å². The third-order valence-corrected chi connectivity index (χ3v) is 2.60. The van der Waals surface area contributed by atoms with Gasteiger partial charge in [0.2, 0.25) is 5.78 Å². The van der Waals surface area contributed by atoms with Crippen molar-refractivity contribution in [3.8, 4) is 0 Å². The second-order valence-corrected chi connectivity index (χ2v) is 3.72. The smallest absolute Gasteiger partial charge is 0.230 e. The van der Waals surface area contributed by atoms with E-state index < -0.39 is 17.4 Å². The Labute approximate surface area is 102 Å². The maximum absolute atomic E-state index is 13.1. The monoisotopic (exact) mass is 251 g/mol. The summed E-state index contributed by atoms with van der Waals surface area (Å²) in [5, 5.41) is 0. The fourth-order valence-corrected chi connectivity index (χ4v) is 1.65. The highest BCUT2D eigenvalue weighted by molar-refractivity contribution is 6.10. The predicted octanol–water partition coefficient (Wildman–Crippen LogP) is 1.99. The minimum atomic E-state index is -1.11. The first kappa shape index (κ1) is 12.2. The van der Waals surface area contributed by atoms with Crippen molar-refractivity contribution in [1.29, 1.82) is 0 Å². The van der Waals surface area contributed by atoms with E-state index in [1.807, 2.05) is 6.92 Å². The van der Waals surface area contributed by atoms with Gasteiger partial charge in [-0.15, -0.1) is 0 Å². The van der Waals surface area contributed by atoms with Crippen LogP contribution in [0.1, 0.15) is 23.1 Å². The van der Waals surface area contributed by atoms with Crippen LogP contribution in [0.5, 0.6) is 0 Å². The lowest BCUT2D eigenvalue weighted by Crippen LogP contribution is -2.13. The van der Waals surface area contributed by atoms with E-state index in [4.69, 9.17) is 5.73 Å². The summed E-state index contributed by atoms with van der Waals surface area (Å²) in [6, 6.07) is 1.59. The molecule has 0 aliphatic heterocycles. The number of carbonyl (C=O) groups excluding carboxylic acids is 1. The van der Waals surface area contributed by atoms with Crippen molar-refractivity contribution < 1.29 is 13.6 Å². The third kappa shape index (κ3) is 1.97. The van der Waals surface area contributed by atoms with Crippen LogP contribution in [0.3, 0.4) is 0 Å². The topological polar surface area (TPSA) is 60.9 Å². The molecule has 1 aromatic carbocycles. The highest BCUT2D eigenvalue weighted by Crippen LogP contribution is 2.20. The molecule has 2 N–H and O–H groups in total. The van der Waals surface area contributed by atoms with E-state index in [9.17, 15) is 13.6 Å². The van der Waals surface area contributed by atoms with Crippen molar-refractivity contribution in [2.75, 3.05) is 5.73 Å². The summed E-state index contributed by atoms with van der Waals surface area (Å²) < 4.78 is 27.7. The van der Waals surface area contributed by atoms with Crippen molar-refractivity contribution in [3.05, 3.63) is 47.5 Å². The molecule has 0 atom stereocenters.